The van der Waals surface area contributed by atoms with Crippen molar-refractivity contribution in [3.05, 3.63) is 88.8 Å². The monoisotopic (exact) mass is 417 g/mol. The van der Waals surface area contributed by atoms with Gasteiger partial charge in [0.2, 0.25) is 0 Å². The molecule has 1 saturated carbocycles. The highest BCUT2D eigenvalue weighted by Gasteiger charge is 2.47. The second-order valence-corrected chi connectivity index (χ2v) is 8.42. The standard InChI is InChI=1S/C25H24FN3O2/c1-16-11-14-27-15-22(16)31-21-4-2-3-20-19(21)9-10-23(28-20)25(12-13-25)29-24(30)17-5-7-18(26)8-6-17/h5-11,14-15,21H,2-4,12-13H2,1H3,(H,29,30)/t21-/m0/s1. The minimum atomic E-state index is -0.436. The van der Waals surface area contributed by atoms with Crippen LogP contribution in [0.5, 0.6) is 5.75 Å². The molecule has 3 aromatic rings. The summed E-state index contributed by atoms with van der Waals surface area (Å²) in [6.45, 7) is 2.02. The van der Waals surface area contributed by atoms with Crippen LogP contribution in [-0.4, -0.2) is 15.9 Å². The highest BCUT2D eigenvalue weighted by atomic mass is 19.1. The molecule has 1 atom stereocenters. The third-order valence-electron chi connectivity index (χ3n) is 6.20. The lowest BCUT2D eigenvalue weighted by molar-refractivity contribution is 0.0929. The molecule has 1 N–H and O–H groups in total. The normalized spacial score (nSPS) is 18.7. The summed E-state index contributed by atoms with van der Waals surface area (Å²) in [5.41, 5.74) is 4.11. The lowest BCUT2D eigenvalue weighted by Gasteiger charge is -2.27. The van der Waals surface area contributed by atoms with E-state index in [2.05, 4.69) is 16.4 Å². The minimum absolute atomic E-state index is 0.0443. The van der Waals surface area contributed by atoms with Crippen LogP contribution in [0.4, 0.5) is 4.39 Å². The van der Waals surface area contributed by atoms with E-state index < -0.39 is 5.54 Å². The molecule has 2 heterocycles. The van der Waals surface area contributed by atoms with Crippen LogP contribution in [0.2, 0.25) is 0 Å². The SMILES string of the molecule is Cc1ccncc1O[C@H]1CCCc2nc(C3(NC(=O)c4ccc(F)cc4)CC3)ccc21. The predicted octanol–water partition coefficient (Wildman–Crippen LogP) is 4.80. The van der Waals surface area contributed by atoms with E-state index in [1.165, 1.54) is 24.3 Å². The third-order valence-corrected chi connectivity index (χ3v) is 6.20. The molecule has 31 heavy (non-hydrogen) atoms. The van der Waals surface area contributed by atoms with Crippen LogP contribution < -0.4 is 10.1 Å². The number of amides is 1. The fourth-order valence-electron chi connectivity index (χ4n) is 4.19. The van der Waals surface area contributed by atoms with Crippen molar-refractivity contribution >= 4 is 5.91 Å². The zero-order valence-corrected chi connectivity index (χ0v) is 17.4. The molecule has 0 bridgehead atoms. The van der Waals surface area contributed by atoms with E-state index >= 15 is 0 Å². The van der Waals surface area contributed by atoms with Crippen molar-refractivity contribution in [3.8, 4) is 5.75 Å². The second-order valence-electron chi connectivity index (χ2n) is 8.42. The molecule has 2 aliphatic rings. The van der Waals surface area contributed by atoms with Gasteiger partial charge in [0.05, 0.1) is 17.4 Å². The molecule has 1 amide bonds. The van der Waals surface area contributed by atoms with Gasteiger partial charge in [-0.2, -0.15) is 0 Å². The van der Waals surface area contributed by atoms with Crippen molar-refractivity contribution in [2.45, 2.75) is 50.7 Å². The summed E-state index contributed by atoms with van der Waals surface area (Å²) in [6.07, 6.45) is 8.02. The first-order valence-corrected chi connectivity index (χ1v) is 10.7. The Kier molecular flexibility index (Phi) is 4.93. The van der Waals surface area contributed by atoms with E-state index in [1.807, 2.05) is 19.1 Å². The number of nitrogens with one attached hydrogen (secondary N) is 1. The van der Waals surface area contributed by atoms with Gasteiger partial charge < -0.3 is 10.1 Å². The van der Waals surface area contributed by atoms with Crippen molar-refractivity contribution in [1.29, 1.82) is 0 Å². The maximum absolute atomic E-state index is 13.2. The first-order chi connectivity index (χ1) is 15.0. The summed E-state index contributed by atoms with van der Waals surface area (Å²) >= 11 is 0. The van der Waals surface area contributed by atoms with Crippen LogP contribution in [0.3, 0.4) is 0 Å². The van der Waals surface area contributed by atoms with Gasteiger partial charge in [-0.25, -0.2) is 4.39 Å². The van der Waals surface area contributed by atoms with Gasteiger partial charge in [0, 0.05) is 23.0 Å². The van der Waals surface area contributed by atoms with Gasteiger partial charge in [0.25, 0.3) is 5.91 Å². The molecule has 1 fully saturated rings. The topological polar surface area (TPSA) is 64.1 Å². The maximum Gasteiger partial charge on any atom is 0.252 e. The molecular formula is C25H24FN3O2. The number of rotatable bonds is 5. The quantitative estimate of drug-likeness (QED) is 0.648. The Balaban J connectivity index is 1.36. The van der Waals surface area contributed by atoms with E-state index in [9.17, 15) is 9.18 Å². The number of nitrogens with zero attached hydrogens (tertiary/aromatic N) is 2. The summed E-state index contributed by atoms with van der Waals surface area (Å²) < 4.78 is 19.4. The van der Waals surface area contributed by atoms with Crippen molar-refractivity contribution in [2.75, 3.05) is 0 Å². The van der Waals surface area contributed by atoms with E-state index in [-0.39, 0.29) is 17.8 Å². The predicted molar refractivity (Wildman–Crippen MR) is 114 cm³/mol. The number of aromatic nitrogens is 2. The van der Waals surface area contributed by atoms with Crippen molar-refractivity contribution in [3.63, 3.8) is 0 Å². The fourth-order valence-corrected chi connectivity index (χ4v) is 4.19. The summed E-state index contributed by atoms with van der Waals surface area (Å²) in [7, 11) is 0. The molecule has 5 nitrogen and oxygen atoms in total. The fraction of sp³-hybridized carbons (Fsp3) is 0.320. The van der Waals surface area contributed by atoms with E-state index in [4.69, 9.17) is 9.72 Å². The number of halogens is 1. The average molecular weight is 417 g/mol. The Labute approximate surface area is 180 Å². The zero-order chi connectivity index (χ0) is 21.4. The van der Waals surface area contributed by atoms with Gasteiger partial charge in [-0.15, -0.1) is 0 Å². The summed E-state index contributed by atoms with van der Waals surface area (Å²) in [6, 6.07) is 11.7. The first kappa shape index (κ1) is 19.7. The van der Waals surface area contributed by atoms with Gasteiger partial charge >= 0.3 is 0 Å². The summed E-state index contributed by atoms with van der Waals surface area (Å²) in [4.78, 5) is 21.8. The smallest absolute Gasteiger partial charge is 0.252 e. The number of carbonyl (C=O) groups is 1. The van der Waals surface area contributed by atoms with Gasteiger partial charge in [-0.05, 0) is 81.0 Å². The number of ether oxygens (including phenoxy) is 1. The second kappa shape index (κ2) is 7.76. The number of hydrogen-bond donors (Lipinski definition) is 1. The molecule has 2 aromatic heterocycles. The van der Waals surface area contributed by atoms with E-state index in [1.54, 1.807) is 12.4 Å². The molecule has 0 saturated heterocycles. The first-order valence-electron chi connectivity index (χ1n) is 10.7. The number of pyridine rings is 2. The van der Waals surface area contributed by atoms with Crippen LogP contribution in [-0.2, 0) is 12.0 Å². The Hall–Kier alpha value is -3.28. The van der Waals surface area contributed by atoms with Crippen LogP contribution in [0.1, 0.15) is 64.7 Å². The maximum atomic E-state index is 13.2. The van der Waals surface area contributed by atoms with Gasteiger partial charge in [0.1, 0.15) is 17.7 Å². The van der Waals surface area contributed by atoms with E-state index in [0.717, 1.165) is 60.4 Å². The average Bonchev–Trinajstić information content (AvgIpc) is 3.56. The number of carbonyl (C=O) groups excluding carboxylic acids is 1. The molecule has 0 aliphatic heterocycles. The van der Waals surface area contributed by atoms with Gasteiger partial charge in [-0.3, -0.25) is 14.8 Å². The van der Waals surface area contributed by atoms with E-state index in [0.29, 0.717) is 5.56 Å². The Bertz CT molecular complexity index is 1130. The van der Waals surface area contributed by atoms with Crippen molar-refractivity contribution in [1.82, 2.24) is 15.3 Å². The van der Waals surface area contributed by atoms with Crippen LogP contribution in [0.15, 0.2) is 54.9 Å². The molecule has 1 aromatic carbocycles. The van der Waals surface area contributed by atoms with Crippen LogP contribution >= 0.6 is 0 Å². The molecule has 0 unspecified atom stereocenters. The largest absolute Gasteiger partial charge is 0.484 e. The zero-order valence-electron chi connectivity index (χ0n) is 17.4. The molecule has 5 rings (SSSR count). The van der Waals surface area contributed by atoms with Crippen molar-refractivity contribution in [2.24, 2.45) is 0 Å². The summed E-state index contributed by atoms with van der Waals surface area (Å²) in [5, 5.41) is 3.12. The Morgan fingerprint density at radius 2 is 1.97 bits per heavy atom. The number of benzene rings is 1. The van der Waals surface area contributed by atoms with Gasteiger partial charge in [-0.1, -0.05) is 6.07 Å². The Morgan fingerprint density at radius 1 is 1.16 bits per heavy atom. The minimum Gasteiger partial charge on any atom is -0.484 e. The number of aryl methyl sites for hydroxylation is 2. The van der Waals surface area contributed by atoms with Crippen LogP contribution in [0.25, 0.3) is 0 Å². The summed E-state index contributed by atoms with van der Waals surface area (Å²) in [5.74, 6) is 0.243. The molecule has 158 valence electrons. The molecular weight excluding hydrogens is 393 g/mol. The number of hydrogen-bond acceptors (Lipinski definition) is 4. The molecule has 0 spiro atoms. The van der Waals surface area contributed by atoms with Gasteiger partial charge in [0.15, 0.2) is 0 Å². The molecule has 0 radical (unpaired) electrons. The molecule has 2 aliphatic carbocycles. The third kappa shape index (κ3) is 3.90. The highest BCUT2D eigenvalue weighted by Crippen LogP contribution is 2.46. The van der Waals surface area contributed by atoms with Crippen LogP contribution in [0, 0.1) is 12.7 Å². The lowest BCUT2D eigenvalue weighted by Crippen LogP contribution is -2.36. The van der Waals surface area contributed by atoms with Crippen molar-refractivity contribution < 1.29 is 13.9 Å². The molecule has 6 heteroatoms. The lowest BCUT2D eigenvalue weighted by atomic mass is 9.92. The Morgan fingerprint density at radius 3 is 2.71 bits per heavy atom. The number of fused-ring (bicyclic) bond motifs is 1. The highest BCUT2D eigenvalue weighted by molar-refractivity contribution is 5.95.